The fraction of sp³-hybridized carbons (Fsp3) is 0.296. The van der Waals surface area contributed by atoms with Crippen LogP contribution in [0.3, 0.4) is 0 Å². The number of methoxy groups -OCH3 is 1. The number of fused-ring (bicyclic) bond motifs is 1. The minimum atomic E-state index is -0.929. The number of amides is 2. The standard InChI is InChI=1S/C27H27N5O4S/c1-36-27(35)18-7-6-10-21(15-18)32(24(33)16-31-23-12-5-4-11-22(23)29-30-31)25(19-13-14-37-17-19)26(34)28-20-8-2-3-9-20/h4-7,10-15,17,20,25H,2-3,8-9,16H2,1H3,(H,28,34). The summed E-state index contributed by atoms with van der Waals surface area (Å²) in [5, 5.41) is 15.2. The topological polar surface area (TPSA) is 106 Å². The summed E-state index contributed by atoms with van der Waals surface area (Å²) in [6, 6.07) is 14.9. The van der Waals surface area contributed by atoms with Gasteiger partial charge in [0, 0.05) is 11.7 Å². The van der Waals surface area contributed by atoms with Crippen LogP contribution in [-0.2, 0) is 20.9 Å². The largest absolute Gasteiger partial charge is 0.465 e. The zero-order valence-corrected chi connectivity index (χ0v) is 21.2. The third kappa shape index (κ3) is 5.24. The summed E-state index contributed by atoms with van der Waals surface area (Å²) in [5.74, 6) is -1.15. The molecule has 1 aliphatic rings. The molecule has 0 radical (unpaired) electrons. The molecule has 2 heterocycles. The molecule has 1 atom stereocenters. The van der Waals surface area contributed by atoms with Crippen molar-refractivity contribution in [1.29, 1.82) is 0 Å². The first-order valence-corrected chi connectivity index (χ1v) is 13.1. The maximum atomic E-state index is 14.0. The van der Waals surface area contributed by atoms with E-state index in [1.807, 2.05) is 41.1 Å². The molecular weight excluding hydrogens is 490 g/mol. The third-order valence-electron chi connectivity index (χ3n) is 6.59. The highest BCUT2D eigenvalue weighted by Crippen LogP contribution is 2.31. The summed E-state index contributed by atoms with van der Waals surface area (Å²) >= 11 is 1.45. The van der Waals surface area contributed by atoms with Crippen LogP contribution in [0.2, 0.25) is 0 Å². The molecule has 9 nitrogen and oxygen atoms in total. The van der Waals surface area contributed by atoms with Crippen molar-refractivity contribution in [3.63, 3.8) is 0 Å². The molecule has 0 bridgehead atoms. The van der Waals surface area contributed by atoms with Crippen LogP contribution in [0, 0.1) is 0 Å². The SMILES string of the molecule is COC(=O)c1cccc(N(C(=O)Cn2nnc3ccccc32)C(C(=O)NC2CCCC2)c2ccsc2)c1. The summed E-state index contributed by atoms with van der Waals surface area (Å²) in [6.07, 6.45) is 3.96. The third-order valence-corrected chi connectivity index (χ3v) is 7.29. The highest BCUT2D eigenvalue weighted by Gasteiger charge is 2.35. The average molecular weight is 518 g/mol. The molecule has 2 amide bonds. The van der Waals surface area contributed by atoms with Gasteiger partial charge in [0.05, 0.1) is 18.2 Å². The number of thiophene rings is 1. The normalized spacial score (nSPS) is 14.4. The molecule has 0 aliphatic heterocycles. The minimum absolute atomic E-state index is 0.0752. The van der Waals surface area contributed by atoms with E-state index in [4.69, 9.17) is 4.74 Å². The summed E-state index contributed by atoms with van der Waals surface area (Å²) in [4.78, 5) is 41.6. The van der Waals surface area contributed by atoms with Crippen molar-refractivity contribution in [2.45, 2.75) is 44.3 Å². The van der Waals surface area contributed by atoms with Gasteiger partial charge in [-0.2, -0.15) is 11.3 Å². The number of nitrogens with one attached hydrogen (secondary N) is 1. The number of aromatic nitrogens is 3. The maximum Gasteiger partial charge on any atom is 0.337 e. The zero-order chi connectivity index (χ0) is 25.8. The van der Waals surface area contributed by atoms with Gasteiger partial charge in [-0.3, -0.25) is 14.5 Å². The Kier molecular flexibility index (Phi) is 7.27. The number of anilines is 1. The van der Waals surface area contributed by atoms with Gasteiger partial charge in [0.2, 0.25) is 11.8 Å². The van der Waals surface area contributed by atoms with Crippen molar-refractivity contribution in [1.82, 2.24) is 20.3 Å². The van der Waals surface area contributed by atoms with E-state index in [0.717, 1.165) is 25.7 Å². The van der Waals surface area contributed by atoms with Gasteiger partial charge in [0.25, 0.3) is 0 Å². The van der Waals surface area contributed by atoms with Crippen LogP contribution in [0.4, 0.5) is 5.69 Å². The van der Waals surface area contributed by atoms with E-state index in [2.05, 4.69) is 15.6 Å². The smallest absolute Gasteiger partial charge is 0.337 e. The van der Waals surface area contributed by atoms with Gasteiger partial charge in [-0.05, 0) is 65.6 Å². The lowest BCUT2D eigenvalue weighted by Crippen LogP contribution is -2.47. The Morgan fingerprint density at radius 1 is 1.14 bits per heavy atom. The molecule has 5 rings (SSSR count). The van der Waals surface area contributed by atoms with Crippen molar-refractivity contribution >= 4 is 45.8 Å². The molecule has 2 aromatic heterocycles. The number of rotatable bonds is 8. The second kappa shape index (κ2) is 10.9. The van der Waals surface area contributed by atoms with Crippen LogP contribution in [0.15, 0.2) is 65.4 Å². The molecule has 2 aromatic carbocycles. The maximum absolute atomic E-state index is 14.0. The minimum Gasteiger partial charge on any atom is -0.465 e. The van der Waals surface area contributed by atoms with Gasteiger partial charge in [0.15, 0.2) is 0 Å². The molecule has 4 aromatic rings. The van der Waals surface area contributed by atoms with E-state index in [9.17, 15) is 14.4 Å². The molecule has 1 saturated carbocycles. The Morgan fingerprint density at radius 3 is 2.70 bits per heavy atom. The van der Waals surface area contributed by atoms with Gasteiger partial charge in [0.1, 0.15) is 18.1 Å². The van der Waals surface area contributed by atoms with Crippen LogP contribution >= 0.6 is 11.3 Å². The number of benzene rings is 2. The summed E-state index contributed by atoms with van der Waals surface area (Å²) < 4.78 is 6.41. The van der Waals surface area contributed by atoms with Crippen LogP contribution in [0.5, 0.6) is 0 Å². The quantitative estimate of drug-likeness (QED) is 0.353. The van der Waals surface area contributed by atoms with E-state index < -0.39 is 12.0 Å². The van der Waals surface area contributed by atoms with E-state index in [1.165, 1.54) is 28.0 Å². The molecule has 190 valence electrons. The average Bonchev–Trinajstić information content (AvgIpc) is 3.70. The Bertz CT molecular complexity index is 1410. The van der Waals surface area contributed by atoms with Crippen LogP contribution < -0.4 is 10.2 Å². The number of ether oxygens (including phenoxy) is 1. The number of hydrogen-bond donors (Lipinski definition) is 1. The predicted molar refractivity (Wildman–Crippen MR) is 140 cm³/mol. The fourth-order valence-corrected chi connectivity index (χ4v) is 5.45. The van der Waals surface area contributed by atoms with E-state index in [1.54, 1.807) is 24.3 Å². The van der Waals surface area contributed by atoms with Gasteiger partial charge in [-0.25, -0.2) is 9.48 Å². The molecular formula is C27H27N5O4S. The number of nitrogens with zero attached hydrogens (tertiary/aromatic N) is 4. The summed E-state index contributed by atoms with van der Waals surface area (Å²) in [5.41, 5.74) is 2.77. The highest BCUT2D eigenvalue weighted by molar-refractivity contribution is 7.08. The van der Waals surface area contributed by atoms with E-state index >= 15 is 0 Å². The Morgan fingerprint density at radius 2 is 1.95 bits per heavy atom. The Balaban J connectivity index is 1.57. The first-order chi connectivity index (χ1) is 18.0. The van der Waals surface area contributed by atoms with Crippen LogP contribution in [-0.4, -0.2) is 45.9 Å². The summed E-state index contributed by atoms with van der Waals surface area (Å²) in [7, 11) is 1.30. The fourth-order valence-electron chi connectivity index (χ4n) is 4.77. The second-order valence-electron chi connectivity index (χ2n) is 8.99. The lowest BCUT2D eigenvalue weighted by Gasteiger charge is -2.32. The number of carbonyl (C=O) groups is 3. The molecule has 37 heavy (non-hydrogen) atoms. The first-order valence-electron chi connectivity index (χ1n) is 12.2. The van der Waals surface area contributed by atoms with Gasteiger partial charge < -0.3 is 10.1 Å². The number of esters is 1. The molecule has 1 aliphatic carbocycles. The molecule has 0 spiro atoms. The van der Waals surface area contributed by atoms with E-state index in [-0.39, 0.29) is 30.0 Å². The Labute approximate surface area is 218 Å². The lowest BCUT2D eigenvalue weighted by atomic mass is 10.0. The van der Waals surface area contributed by atoms with Crippen molar-refractivity contribution in [2.24, 2.45) is 0 Å². The number of carbonyl (C=O) groups excluding carboxylic acids is 3. The van der Waals surface area contributed by atoms with Crippen LogP contribution in [0.25, 0.3) is 11.0 Å². The number of para-hydroxylation sites is 1. The molecule has 1 fully saturated rings. The number of hydrogen-bond acceptors (Lipinski definition) is 7. The lowest BCUT2D eigenvalue weighted by molar-refractivity contribution is -0.127. The first kappa shape index (κ1) is 24.6. The molecule has 0 saturated heterocycles. The molecule has 10 heteroatoms. The summed E-state index contributed by atoms with van der Waals surface area (Å²) in [6.45, 7) is -0.139. The Hall–Kier alpha value is -4.05. The monoisotopic (exact) mass is 517 g/mol. The van der Waals surface area contributed by atoms with Gasteiger partial charge >= 0.3 is 5.97 Å². The predicted octanol–water partition coefficient (Wildman–Crippen LogP) is 4.11. The van der Waals surface area contributed by atoms with Crippen molar-refractivity contribution in [2.75, 3.05) is 12.0 Å². The van der Waals surface area contributed by atoms with Crippen molar-refractivity contribution in [3.8, 4) is 0 Å². The van der Waals surface area contributed by atoms with Crippen molar-refractivity contribution < 1.29 is 19.1 Å². The molecule has 1 unspecified atom stereocenters. The van der Waals surface area contributed by atoms with E-state index in [0.29, 0.717) is 22.3 Å². The second-order valence-corrected chi connectivity index (χ2v) is 9.77. The van der Waals surface area contributed by atoms with Gasteiger partial charge in [-0.15, -0.1) is 5.10 Å². The van der Waals surface area contributed by atoms with Crippen molar-refractivity contribution in [3.05, 3.63) is 76.5 Å². The van der Waals surface area contributed by atoms with Gasteiger partial charge in [-0.1, -0.05) is 36.3 Å². The molecule has 1 N–H and O–H groups in total. The zero-order valence-electron chi connectivity index (χ0n) is 20.4. The highest BCUT2D eigenvalue weighted by atomic mass is 32.1. The van der Waals surface area contributed by atoms with Crippen LogP contribution in [0.1, 0.15) is 47.6 Å².